The van der Waals surface area contributed by atoms with Crippen LogP contribution in [0.1, 0.15) is 34.5 Å². The van der Waals surface area contributed by atoms with Gasteiger partial charge in [-0.05, 0) is 67.4 Å². The number of ether oxygens (including phenoxy) is 1. The third-order valence-corrected chi connectivity index (χ3v) is 6.15. The molecule has 0 radical (unpaired) electrons. The van der Waals surface area contributed by atoms with E-state index in [1.807, 2.05) is 38.1 Å². The highest BCUT2D eigenvalue weighted by molar-refractivity contribution is 7.92. The molecule has 2 N–H and O–H groups in total. The lowest BCUT2D eigenvalue weighted by atomic mass is 10.0. The van der Waals surface area contributed by atoms with Gasteiger partial charge in [-0.1, -0.05) is 30.3 Å². The molecule has 0 heterocycles. The van der Waals surface area contributed by atoms with Gasteiger partial charge >= 0.3 is 0 Å². The minimum Gasteiger partial charge on any atom is -0.497 e. The minimum atomic E-state index is -3.79. The average Bonchev–Trinajstić information content (AvgIpc) is 2.74. The van der Waals surface area contributed by atoms with Crippen molar-refractivity contribution in [3.05, 3.63) is 89.5 Å². The molecule has 0 aliphatic rings. The maximum absolute atomic E-state index is 12.7. The Bertz CT molecular complexity index is 1140. The molecule has 0 aliphatic heterocycles. The van der Waals surface area contributed by atoms with Gasteiger partial charge in [-0.25, -0.2) is 8.42 Å². The van der Waals surface area contributed by atoms with Crippen LogP contribution in [0.4, 0.5) is 5.69 Å². The first kappa shape index (κ1) is 21.4. The van der Waals surface area contributed by atoms with Gasteiger partial charge in [0, 0.05) is 11.3 Å². The normalized spacial score (nSPS) is 12.1. The lowest BCUT2D eigenvalue weighted by Gasteiger charge is -2.17. The molecule has 1 atom stereocenters. The number of benzene rings is 3. The number of hydrogen-bond acceptors (Lipinski definition) is 4. The van der Waals surface area contributed by atoms with Crippen molar-refractivity contribution in [1.29, 1.82) is 0 Å². The molecule has 156 valence electrons. The first-order valence-electron chi connectivity index (χ1n) is 9.43. The van der Waals surface area contributed by atoms with Crippen molar-refractivity contribution < 1.29 is 17.9 Å². The predicted octanol–water partition coefficient (Wildman–Crippen LogP) is 4.30. The summed E-state index contributed by atoms with van der Waals surface area (Å²) in [6, 6.07) is 20.1. The Morgan fingerprint density at radius 2 is 1.67 bits per heavy atom. The van der Waals surface area contributed by atoms with Gasteiger partial charge in [-0.2, -0.15) is 0 Å². The fourth-order valence-electron chi connectivity index (χ4n) is 3.12. The molecule has 3 aromatic rings. The molecule has 1 unspecified atom stereocenters. The average molecular weight is 425 g/mol. The van der Waals surface area contributed by atoms with Crippen LogP contribution in [0, 0.1) is 6.92 Å². The van der Waals surface area contributed by atoms with Gasteiger partial charge in [0.1, 0.15) is 5.75 Å². The van der Waals surface area contributed by atoms with Crippen molar-refractivity contribution in [1.82, 2.24) is 5.32 Å². The Kier molecular flexibility index (Phi) is 6.42. The Morgan fingerprint density at radius 3 is 2.33 bits per heavy atom. The first-order chi connectivity index (χ1) is 14.3. The van der Waals surface area contributed by atoms with Gasteiger partial charge in [-0.3, -0.25) is 9.52 Å². The summed E-state index contributed by atoms with van der Waals surface area (Å²) in [5, 5.41) is 2.96. The van der Waals surface area contributed by atoms with Crippen molar-refractivity contribution >= 4 is 21.6 Å². The summed E-state index contributed by atoms with van der Waals surface area (Å²) in [5.74, 6) is 0.284. The Hall–Kier alpha value is -3.32. The van der Waals surface area contributed by atoms with Crippen molar-refractivity contribution in [3.8, 4) is 5.75 Å². The number of anilines is 1. The summed E-state index contributed by atoms with van der Waals surface area (Å²) >= 11 is 0. The van der Waals surface area contributed by atoms with Crippen LogP contribution in [-0.4, -0.2) is 21.4 Å². The van der Waals surface area contributed by atoms with Crippen LogP contribution in [0.3, 0.4) is 0 Å². The molecular weight excluding hydrogens is 400 g/mol. The molecule has 0 spiro atoms. The molecule has 7 heteroatoms. The van der Waals surface area contributed by atoms with Gasteiger partial charge in [0.25, 0.3) is 15.9 Å². The van der Waals surface area contributed by atoms with E-state index in [9.17, 15) is 13.2 Å². The number of amides is 1. The molecule has 0 fully saturated rings. The van der Waals surface area contributed by atoms with Gasteiger partial charge in [-0.15, -0.1) is 0 Å². The number of nitrogens with one attached hydrogen (secondary N) is 2. The summed E-state index contributed by atoms with van der Waals surface area (Å²) in [6.45, 7) is 3.91. The molecular formula is C23H24N2O4S. The predicted molar refractivity (Wildman–Crippen MR) is 117 cm³/mol. The summed E-state index contributed by atoms with van der Waals surface area (Å²) in [5.41, 5.74) is 2.79. The third-order valence-electron chi connectivity index (χ3n) is 4.75. The quantitative estimate of drug-likeness (QED) is 0.592. The molecule has 0 saturated heterocycles. The lowest BCUT2D eigenvalue weighted by Crippen LogP contribution is -2.27. The zero-order valence-corrected chi connectivity index (χ0v) is 17.9. The Morgan fingerprint density at radius 1 is 0.967 bits per heavy atom. The molecule has 0 bridgehead atoms. The smallest absolute Gasteiger partial charge is 0.261 e. The Balaban J connectivity index is 1.75. The Labute approximate surface area is 177 Å². The maximum atomic E-state index is 12.7. The highest BCUT2D eigenvalue weighted by Crippen LogP contribution is 2.21. The van der Waals surface area contributed by atoms with E-state index in [-0.39, 0.29) is 16.8 Å². The summed E-state index contributed by atoms with van der Waals surface area (Å²) in [6.07, 6.45) is 0. The zero-order valence-electron chi connectivity index (χ0n) is 17.0. The zero-order chi connectivity index (χ0) is 21.7. The number of aryl methyl sites for hydroxylation is 1. The van der Waals surface area contributed by atoms with Gasteiger partial charge in [0.15, 0.2) is 0 Å². The summed E-state index contributed by atoms with van der Waals surface area (Å²) in [7, 11) is -2.28. The third kappa shape index (κ3) is 4.99. The van der Waals surface area contributed by atoms with Crippen LogP contribution in [0.25, 0.3) is 0 Å². The maximum Gasteiger partial charge on any atom is 0.261 e. The van der Waals surface area contributed by atoms with Crippen LogP contribution < -0.4 is 14.8 Å². The van der Waals surface area contributed by atoms with Crippen LogP contribution in [-0.2, 0) is 10.0 Å². The summed E-state index contributed by atoms with van der Waals surface area (Å²) in [4.78, 5) is 12.8. The van der Waals surface area contributed by atoms with Crippen molar-refractivity contribution in [2.75, 3.05) is 11.8 Å². The van der Waals surface area contributed by atoms with Crippen molar-refractivity contribution in [3.63, 3.8) is 0 Å². The molecule has 30 heavy (non-hydrogen) atoms. The standard InChI is InChI=1S/C23H24N2O4S/c1-16-7-4-5-10-22(16)17(2)24-23(26)18-8-6-9-19(15-18)25-30(27,28)21-13-11-20(29-3)12-14-21/h4-15,17,25H,1-3H3,(H,24,26). The van der Waals surface area contributed by atoms with Crippen LogP contribution in [0.2, 0.25) is 0 Å². The molecule has 6 nitrogen and oxygen atoms in total. The summed E-state index contributed by atoms with van der Waals surface area (Å²) < 4.78 is 32.8. The number of hydrogen-bond donors (Lipinski definition) is 2. The highest BCUT2D eigenvalue weighted by Gasteiger charge is 2.17. The monoisotopic (exact) mass is 424 g/mol. The SMILES string of the molecule is COc1ccc(S(=O)(=O)Nc2cccc(C(=O)NC(C)c3ccccc3C)c2)cc1. The molecule has 0 aliphatic carbocycles. The molecule has 0 saturated carbocycles. The van der Waals surface area contributed by atoms with Gasteiger partial charge < -0.3 is 10.1 Å². The molecule has 3 aromatic carbocycles. The van der Waals surface area contributed by atoms with E-state index < -0.39 is 10.0 Å². The number of methoxy groups -OCH3 is 1. The van der Waals surface area contributed by atoms with Crippen LogP contribution >= 0.6 is 0 Å². The van der Waals surface area contributed by atoms with E-state index in [0.717, 1.165) is 11.1 Å². The second-order valence-electron chi connectivity index (χ2n) is 6.91. The molecule has 1 amide bonds. The number of carbonyl (C=O) groups is 1. The van der Waals surface area contributed by atoms with Gasteiger partial charge in [0.05, 0.1) is 18.0 Å². The lowest BCUT2D eigenvalue weighted by molar-refractivity contribution is 0.0940. The van der Waals surface area contributed by atoms with Crippen molar-refractivity contribution in [2.45, 2.75) is 24.8 Å². The van der Waals surface area contributed by atoms with E-state index >= 15 is 0 Å². The van der Waals surface area contributed by atoms with E-state index in [2.05, 4.69) is 10.0 Å². The van der Waals surface area contributed by atoms with E-state index in [1.165, 1.54) is 25.3 Å². The largest absolute Gasteiger partial charge is 0.497 e. The van der Waals surface area contributed by atoms with Crippen LogP contribution in [0.15, 0.2) is 77.7 Å². The fraction of sp³-hybridized carbons (Fsp3) is 0.174. The first-order valence-corrected chi connectivity index (χ1v) is 10.9. The number of rotatable bonds is 7. The van der Waals surface area contributed by atoms with E-state index in [1.54, 1.807) is 30.3 Å². The fourth-order valence-corrected chi connectivity index (χ4v) is 4.17. The van der Waals surface area contributed by atoms with E-state index in [4.69, 9.17) is 4.74 Å². The number of carbonyl (C=O) groups excluding carboxylic acids is 1. The van der Waals surface area contributed by atoms with Gasteiger partial charge in [0.2, 0.25) is 0 Å². The van der Waals surface area contributed by atoms with E-state index in [0.29, 0.717) is 17.0 Å². The topological polar surface area (TPSA) is 84.5 Å². The highest BCUT2D eigenvalue weighted by atomic mass is 32.2. The molecule has 0 aromatic heterocycles. The van der Waals surface area contributed by atoms with Crippen LogP contribution in [0.5, 0.6) is 5.75 Å². The van der Waals surface area contributed by atoms with Crippen molar-refractivity contribution in [2.24, 2.45) is 0 Å². The second kappa shape index (κ2) is 9.00. The minimum absolute atomic E-state index is 0.103. The molecule has 3 rings (SSSR count). The number of sulfonamides is 1. The second-order valence-corrected chi connectivity index (χ2v) is 8.60.